The Morgan fingerprint density at radius 1 is 0.846 bits per heavy atom. The number of aromatic nitrogens is 2. The van der Waals surface area contributed by atoms with Crippen molar-refractivity contribution in [3.8, 4) is 11.4 Å². The zero-order chi connectivity index (χ0) is 17.9. The Labute approximate surface area is 155 Å². The SMILES string of the molecule is Fc1ccccc1-c1nc(NCc2ccc(Cl)cc2)c2ccccc2n1. The molecular weight excluding hydrogens is 349 g/mol. The third-order valence-corrected chi connectivity index (χ3v) is 4.34. The van der Waals surface area contributed by atoms with Gasteiger partial charge in [0.25, 0.3) is 0 Å². The lowest BCUT2D eigenvalue weighted by atomic mass is 10.1. The summed E-state index contributed by atoms with van der Waals surface area (Å²) >= 11 is 5.93. The Kier molecular flexibility index (Phi) is 4.50. The van der Waals surface area contributed by atoms with Gasteiger partial charge in [0.15, 0.2) is 5.82 Å². The molecule has 0 fully saturated rings. The minimum absolute atomic E-state index is 0.341. The normalized spacial score (nSPS) is 10.8. The summed E-state index contributed by atoms with van der Waals surface area (Å²) in [7, 11) is 0. The second-order valence-corrected chi connectivity index (χ2v) is 6.31. The largest absolute Gasteiger partial charge is 0.365 e. The number of hydrogen-bond acceptors (Lipinski definition) is 3. The van der Waals surface area contributed by atoms with E-state index in [2.05, 4.69) is 15.3 Å². The fourth-order valence-corrected chi connectivity index (χ4v) is 2.89. The molecule has 3 aromatic carbocycles. The van der Waals surface area contributed by atoms with E-state index in [-0.39, 0.29) is 5.82 Å². The fraction of sp³-hybridized carbons (Fsp3) is 0.0476. The molecule has 0 aliphatic rings. The van der Waals surface area contributed by atoms with Crippen LogP contribution in [0.15, 0.2) is 72.8 Å². The van der Waals surface area contributed by atoms with Gasteiger partial charge in [-0.3, -0.25) is 0 Å². The summed E-state index contributed by atoms with van der Waals surface area (Å²) in [5.41, 5.74) is 2.22. The molecule has 0 unspecified atom stereocenters. The van der Waals surface area contributed by atoms with Gasteiger partial charge in [-0.2, -0.15) is 0 Å². The van der Waals surface area contributed by atoms with Gasteiger partial charge < -0.3 is 5.32 Å². The van der Waals surface area contributed by atoms with Crippen molar-refractivity contribution >= 4 is 28.3 Å². The van der Waals surface area contributed by atoms with Crippen molar-refractivity contribution in [2.75, 3.05) is 5.32 Å². The number of benzene rings is 3. The quantitative estimate of drug-likeness (QED) is 0.505. The average molecular weight is 364 g/mol. The molecule has 0 saturated heterocycles. The van der Waals surface area contributed by atoms with Gasteiger partial charge in [-0.15, -0.1) is 0 Å². The molecule has 26 heavy (non-hydrogen) atoms. The molecular formula is C21H15ClFN3. The van der Waals surface area contributed by atoms with Gasteiger partial charge in [-0.25, -0.2) is 14.4 Å². The Balaban J connectivity index is 1.75. The summed E-state index contributed by atoms with van der Waals surface area (Å²) in [5, 5.41) is 4.92. The van der Waals surface area contributed by atoms with Crippen LogP contribution in [-0.4, -0.2) is 9.97 Å². The monoisotopic (exact) mass is 363 g/mol. The van der Waals surface area contributed by atoms with E-state index >= 15 is 0 Å². The number of halogens is 2. The molecule has 0 atom stereocenters. The molecule has 0 spiro atoms. The molecule has 4 rings (SSSR count). The van der Waals surface area contributed by atoms with Crippen LogP contribution in [0.3, 0.4) is 0 Å². The topological polar surface area (TPSA) is 37.8 Å². The molecule has 0 aliphatic carbocycles. The molecule has 0 aliphatic heterocycles. The number of nitrogens with one attached hydrogen (secondary N) is 1. The smallest absolute Gasteiger partial charge is 0.165 e. The highest BCUT2D eigenvalue weighted by atomic mass is 35.5. The molecule has 0 amide bonds. The van der Waals surface area contributed by atoms with E-state index < -0.39 is 0 Å². The van der Waals surface area contributed by atoms with Gasteiger partial charge in [0.05, 0.1) is 11.1 Å². The maximum atomic E-state index is 14.2. The number of fused-ring (bicyclic) bond motifs is 1. The van der Waals surface area contributed by atoms with E-state index in [1.807, 2.05) is 48.5 Å². The average Bonchev–Trinajstić information content (AvgIpc) is 2.67. The molecule has 5 heteroatoms. The highest BCUT2D eigenvalue weighted by Crippen LogP contribution is 2.26. The van der Waals surface area contributed by atoms with Crippen LogP contribution in [0.25, 0.3) is 22.3 Å². The zero-order valence-corrected chi connectivity index (χ0v) is 14.5. The highest BCUT2D eigenvalue weighted by Gasteiger charge is 2.12. The Bertz CT molecular complexity index is 1060. The standard InChI is InChI=1S/C21H15ClFN3/c22-15-11-9-14(10-12-15)13-24-20-17-6-2-4-8-19(17)25-21(26-20)16-5-1-3-7-18(16)23/h1-12H,13H2,(H,24,25,26). The van der Waals surface area contributed by atoms with Gasteiger partial charge in [0, 0.05) is 17.0 Å². The van der Waals surface area contributed by atoms with Crippen LogP contribution in [0.1, 0.15) is 5.56 Å². The van der Waals surface area contributed by atoms with Crippen LogP contribution >= 0.6 is 11.6 Å². The van der Waals surface area contributed by atoms with Crippen molar-refractivity contribution in [3.63, 3.8) is 0 Å². The molecule has 1 aromatic heterocycles. The molecule has 0 radical (unpaired) electrons. The van der Waals surface area contributed by atoms with Gasteiger partial charge >= 0.3 is 0 Å². The lowest BCUT2D eigenvalue weighted by Crippen LogP contribution is -2.04. The number of para-hydroxylation sites is 1. The lowest BCUT2D eigenvalue weighted by molar-refractivity contribution is 0.630. The molecule has 1 N–H and O–H groups in total. The van der Waals surface area contributed by atoms with E-state index in [1.165, 1.54) is 6.07 Å². The van der Waals surface area contributed by atoms with Gasteiger partial charge in [-0.1, -0.05) is 48.0 Å². The van der Waals surface area contributed by atoms with Gasteiger partial charge in [0.2, 0.25) is 0 Å². The van der Waals surface area contributed by atoms with Crippen LogP contribution < -0.4 is 5.32 Å². The molecule has 4 aromatic rings. The van der Waals surface area contributed by atoms with Crippen LogP contribution in [-0.2, 0) is 6.54 Å². The highest BCUT2D eigenvalue weighted by molar-refractivity contribution is 6.30. The van der Waals surface area contributed by atoms with Crippen molar-refractivity contribution < 1.29 is 4.39 Å². The van der Waals surface area contributed by atoms with Crippen LogP contribution in [0.2, 0.25) is 5.02 Å². The Morgan fingerprint density at radius 2 is 1.58 bits per heavy atom. The number of rotatable bonds is 4. The molecule has 3 nitrogen and oxygen atoms in total. The van der Waals surface area contributed by atoms with E-state index in [9.17, 15) is 4.39 Å². The lowest BCUT2D eigenvalue weighted by Gasteiger charge is -2.11. The van der Waals surface area contributed by atoms with Crippen molar-refractivity contribution in [3.05, 3.63) is 89.2 Å². The van der Waals surface area contributed by atoms with Crippen molar-refractivity contribution in [2.24, 2.45) is 0 Å². The minimum atomic E-state index is -0.341. The van der Waals surface area contributed by atoms with Crippen LogP contribution in [0.5, 0.6) is 0 Å². The third-order valence-electron chi connectivity index (χ3n) is 4.09. The summed E-state index contributed by atoms with van der Waals surface area (Å²) in [4.78, 5) is 9.10. The van der Waals surface area contributed by atoms with Crippen molar-refractivity contribution in [2.45, 2.75) is 6.54 Å². The summed E-state index contributed by atoms with van der Waals surface area (Å²) in [5.74, 6) is 0.690. The van der Waals surface area contributed by atoms with E-state index in [0.717, 1.165) is 16.5 Å². The Hall–Kier alpha value is -2.98. The van der Waals surface area contributed by atoms with Gasteiger partial charge in [0.1, 0.15) is 11.6 Å². The summed E-state index contributed by atoms with van der Waals surface area (Å²) < 4.78 is 14.2. The number of nitrogens with zero attached hydrogens (tertiary/aromatic N) is 2. The second kappa shape index (κ2) is 7.10. The number of hydrogen-bond donors (Lipinski definition) is 1. The third kappa shape index (κ3) is 3.37. The van der Waals surface area contributed by atoms with E-state index in [0.29, 0.717) is 28.8 Å². The maximum absolute atomic E-state index is 14.2. The first-order chi connectivity index (χ1) is 12.7. The minimum Gasteiger partial charge on any atom is -0.365 e. The van der Waals surface area contributed by atoms with E-state index in [1.54, 1.807) is 18.2 Å². The Morgan fingerprint density at radius 3 is 2.38 bits per heavy atom. The van der Waals surface area contributed by atoms with Crippen LogP contribution in [0.4, 0.5) is 10.2 Å². The first kappa shape index (κ1) is 16.5. The van der Waals surface area contributed by atoms with E-state index in [4.69, 9.17) is 11.6 Å². The van der Waals surface area contributed by atoms with Crippen LogP contribution in [0, 0.1) is 5.82 Å². The number of anilines is 1. The fourth-order valence-electron chi connectivity index (χ4n) is 2.76. The first-order valence-corrected chi connectivity index (χ1v) is 8.58. The molecule has 0 saturated carbocycles. The van der Waals surface area contributed by atoms with Gasteiger partial charge in [-0.05, 0) is 42.0 Å². The van der Waals surface area contributed by atoms with Crippen molar-refractivity contribution in [1.29, 1.82) is 0 Å². The molecule has 0 bridgehead atoms. The predicted octanol–water partition coefficient (Wildman–Crippen LogP) is 5.70. The second-order valence-electron chi connectivity index (χ2n) is 5.87. The summed E-state index contributed by atoms with van der Waals surface area (Å²) in [6.07, 6.45) is 0. The summed E-state index contributed by atoms with van der Waals surface area (Å²) in [6, 6.07) is 21.8. The predicted molar refractivity (Wildman–Crippen MR) is 104 cm³/mol. The van der Waals surface area contributed by atoms with Crippen molar-refractivity contribution in [1.82, 2.24) is 9.97 Å². The molecule has 1 heterocycles. The summed E-state index contributed by atoms with van der Waals surface area (Å²) in [6.45, 7) is 0.578. The molecule has 128 valence electrons. The first-order valence-electron chi connectivity index (χ1n) is 8.21. The zero-order valence-electron chi connectivity index (χ0n) is 13.8. The maximum Gasteiger partial charge on any atom is 0.165 e.